The summed E-state index contributed by atoms with van der Waals surface area (Å²) in [7, 11) is 7.16. The molecule has 11 heteroatoms. The van der Waals surface area contributed by atoms with Gasteiger partial charge in [0.2, 0.25) is 0 Å². The fourth-order valence-corrected chi connectivity index (χ4v) is 3.78. The zero-order valence-electron chi connectivity index (χ0n) is 21.4. The van der Waals surface area contributed by atoms with Crippen LogP contribution in [0, 0.1) is 5.82 Å². The van der Waals surface area contributed by atoms with Gasteiger partial charge in [-0.05, 0) is 38.4 Å². The predicted molar refractivity (Wildman–Crippen MR) is 140 cm³/mol. The van der Waals surface area contributed by atoms with Gasteiger partial charge in [0.1, 0.15) is 12.1 Å². The lowest BCUT2D eigenvalue weighted by Crippen LogP contribution is -2.13. The molecule has 192 valence electrons. The van der Waals surface area contributed by atoms with E-state index in [0.29, 0.717) is 58.6 Å². The summed E-state index contributed by atoms with van der Waals surface area (Å²) in [6.45, 7) is 2.34. The number of anilines is 4. The molecule has 1 aromatic carbocycles. The minimum absolute atomic E-state index is 0.0492. The van der Waals surface area contributed by atoms with Crippen molar-refractivity contribution in [3.63, 3.8) is 0 Å². The molecule has 4 aromatic rings. The molecule has 2 N–H and O–H groups in total. The molecule has 0 atom stereocenters. The number of nitrogens with one attached hydrogen (secondary N) is 2. The Bertz CT molecular complexity index is 1420. The normalized spacial score (nSPS) is 11.0. The number of rotatable bonds is 10. The van der Waals surface area contributed by atoms with Crippen LogP contribution < -0.4 is 15.4 Å². The number of carbonyl (C=O) groups is 1. The third kappa shape index (κ3) is 5.89. The molecule has 0 unspecified atom stereocenters. The summed E-state index contributed by atoms with van der Waals surface area (Å²) in [5.41, 5.74) is 2.87. The van der Waals surface area contributed by atoms with Crippen molar-refractivity contribution in [2.24, 2.45) is 7.05 Å². The molecule has 0 aliphatic carbocycles. The van der Waals surface area contributed by atoms with E-state index in [0.717, 1.165) is 0 Å². The number of methoxy groups -OCH3 is 1. The Hall–Kier alpha value is -4.38. The molecule has 3 aromatic heterocycles. The number of halogens is 1. The third-order valence-corrected chi connectivity index (χ3v) is 5.48. The van der Waals surface area contributed by atoms with Gasteiger partial charge in [-0.15, -0.1) is 0 Å². The number of Topliss-reactive ketones (excluding diaryl/α,β-unsaturated/α-hetero) is 1. The first-order valence-electron chi connectivity index (χ1n) is 11.7. The van der Waals surface area contributed by atoms with E-state index in [1.165, 1.54) is 12.3 Å². The molecule has 0 aliphatic rings. The molecule has 0 saturated carbocycles. The summed E-state index contributed by atoms with van der Waals surface area (Å²) < 4.78 is 21.8. The summed E-state index contributed by atoms with van der Waals surface area (Å²) in [4.78, 5) is 27.7. The molecule has 37 heavy (non-hydrogen) atoms. The quantitative estimate of drug-likeness (QED) is 0.300. The SMILES string of the molecule is CCC(=O)c1cnc(Nc2nc(CN(C)C)ccc2F)cc1Nc1cccc(-c2ncn(C)n2)c1OC. The Balaban J connectivity index is 1.72. The Kier molecular flexibility index (Phi) is 7.73. The molecule has 3 heterocycles. The second kappa shape index (κ2) is 11.1. The minimum Gasteiger partial charge on any atom is -0.494 e. The maximum absolute atomic E-state index is 14.5. The fourth-order valence-electron chi connectivity index (χ4n) is 3.78. The summed E-state index contributed by atoms with van der Waals surface area (Å²) in [6, 6.07) is 10.2. The van der Waals surface area contributed by atoms with Crippen LogP contribution in [0.1, 0.15) is 29.4 Å². The second-order valence-corrected chi connectivity index (χ2v) is 8.64. The fraction of sp³-hybridized carbons (Fsp3) is 0.269. The van der Waals surface area contributed by atoms with E-state index in [1.54, 1.807) is 44.2 Å². The molecule has 0 amide bonds. The standard InChI is InChI=1S/C26H29FN8O2/c1-6-22(36)18-13-28-23(32-26-19(27)11-10-16(30-26)14-34(2)3)12-21(18)31-20-9-7-8-17(24(20)37-5)25-29-15-35(4)33-25/h7-13,15H,6,14H2,1-5H3,(H2,28,30,31,32). The van der Waals surface area contributed by atoms with E-state index < -0.39 is 5.82 Å². The van der Waals surface area contributed by atoms with Crippen LogP contribution in [0.5, 0.6) is 5.75 Å². The zero-order valence-corrected chi connectivity index (χ0v) is 21.4. The number of benzene rings is 1. The average Bonchev–Trinajstić information content (AvgIpc) is 3.31. The molecule has 10 nitrogen and oxygen atoms in total. The summed E-state index contributed by atoms with van der Waals surface area (Å²) >= 11 is 0. The van der Waals surface area contributed by atoms with Crippen molar-refractivity contribution in [3.8, 4) is 17.1 Å². The third-order valence-electron chi connectivity index (χ3n) is 5.48. The summed E-state index contributed by atoms with van der Waals surface area (Å²) in [5.74, 6) is 0.784. The number of ketones is 1. The molecule has 0 bridgehead atoms. The lowest BCUT2D eigenvalue weighted by atomic mass is 10.1. The van der Waals surface area contributed by atoms with Crippen LogP contribution in [0.4, 0.5) is 27.4 Å². The second-order valence-electron chi connectivity index (χ2n) is 8.64. The van der Waals surface area contributed by atoms with E-state index in [1.807, 2.05) is 37.2 Å². The van der Waals surface area contributed by atoms with Crippen molar-refractivity contribution < 1.29 is 13.9 Å². The van der Waals surface area contributed by atoms with Gasteiger partial charge in [-0.2, -0.15) is 5.10 Å². The largest absolute Gasteiger partial charge is 0.494 e. The molecular weight excluding hydrogens is 475 g/mol. The zero-order chi connectivity index (χ0) is 26.5. The first kappa shape index (κ1) is 25.7. The first-order chi connectivity index (χ1) is 17.8. The van der Waals surface area contributed by atoms with E-state index in [-0.39, 0.29) is 11.6 Å². The monoisotopic (exact) mass is 504 g/mol. The van der Waals surface area contributed by atoms with Gasteiger partial charge in [0, 0.05) is 32.3 Å². The number of pyridine rings is 2. The van der Waals surface area contributed by atoms with E-state index in [2.05, 4.69) is 30.7 Å². The van der Waals surface area contributed by atoms with Crippen molar-refractivity contribution in [2.75, 3.05) is 31.8 Å². The summed E-state index contributed by atoms with van der Waals surface area (Å²) in [5, 5.41) is 10.6. The molecule has 0 radical (unpaired) electrons. The number of hydrogen-bond acceptors (Lipinski definition) is 9. The van der Waals surface area contributed by atoms with Gasteiger partial charge in [0.05, 0.1) is 35.3 Å². The van der Waals surface area contributed by atoms with Crippen molar-refractivity contribution in [3.05, 3.63) is 66.0 Å². The van der Waals surface area contributed by atoms with E-state index in [4.69, 9.17) is 4.74 Å². The highest BCUT2D eigenvalue weighted by Crippen LogP contribution is 2.37. The van der Waals surface area contributed by atoms with Gasteiger partial charge in [0.25, 0.3) is 0 Å². The van der Waals surface area contributed by atoms with Gasteiger partial charge in [0.15, 0.2) is 29.0 Å². The van der Waals surface area contributed by atoms with Crippen LogP contribution in [0.2, 0.25) is 0 Å². The Morgan fingerprint density at radius 3 is 2.62 bits per heavy atom. The number of aryl methyl sites for hydroxylation is 1. The smallest absolute Gasteiger partial charge is 0.184 e. The number of ether oxygens (including phenoxy) is 1. The molecule has 0 saturated heterocycles. The number of aromatic nitrogens is 5. The van der Waals surface area contributed by atoms with Crippen molar-refractivity contribution in [2.45, 2.75) is 19.9 Å². The van der Waals surface area contributed by atoms with Gasteiger partial charge < -0.3 is 20.3 Å². The van der Waals surface area contributed by atoms with Crippen LogP contribution in [-0.4, -0.2) is 56.6 Å². The predicted octanol–water partition coefficient (Wildman–Crippen LogP) is 4.56. The maximum atomic E-state index is 14.5. The number of para-hydroxylation sites is 1. The highest BCUT2D eigenvalue weighted by molar-refractivity contribution is 6.02. The Morgan fingerprint density at radius 1 is 1.14 bits per heavy atom. The van der Waals surface area contributed by atoms with Gasteiger partial charge in [-0.3, -0.25) is 9.48 Å². The van der Waals surface area contributed by atoms with E-state index >= 15 is 0 Å². The van der Waals surface area contributed by atoms with Crippen LogP contribution in [-0.2, 0) is 13.6 Å². The van der Waals surface area contributed by atoms with Gasteiger partial charge >= 0.3 is 0 Å². The lowest BCUT2D eigenvalue weighted by Gasteiger charge is -2.17. The van der Waals surface area contributed by atoms with E-state index in [9.17, 15) is 9.18 Å². The lowest BCUT2D eigenvalue weighted by molar-refractivity contribution is 0.0988. The molecule has 0 aliphatic heterocycles. The van der Waals surface area contributed by atoms with Crippen LogP contribution >= 0.6 is 0 Å². The average molecular weight is 505 g/mol. The topological polar surface area (TPSA) is 110 Å². The molecule has 0 spiro atoms. The van der Waals surface area contributed by atoms with Gasteiger partial charge in [-0.25, -0.2) is 19.3 Å². The summed E-state index contributed by atoms with van der Waals surface area (Å²) in [6.07, 6.45) is 3.37. The van der Waals surface area contributed by atoms with Crippen molar-refractivity contribution >= 4 is 28.8 Å². The van der Waals surface area contributed by atoms with Crippen LogP contribution in [0.25, 0.3) is 11.4 Å². The minimum atomic E-state index is -0.509. The molecule has 0 fully saturated rings. The van der Waals surface area contributed by atoms with Crippen LogP contribution in [0.15, 0.2) is 48.9 Å². The Morgan fingerprint density at radius 2 is 1.95 bits per heavy atom. The van der Waals surface area contributed by atoms with Gasteiger partial charge in [-0.1, -0.05) is 13.0 Å². The number of carbonyl (C=O) groups excluding carboxylic acids is 1. The Labute approximate surface area is 214 Å². The number of nitrogens with zero attached hydrogens (tertiary/aromatic N) is 6. The highest BCUT2D eigenvalue weighted by Gasteiger charge is 2.18. The highest BCUT2D eigenvalue weighted by atomic mass is 19.1. The first-order valence-corrected chi connectivity index (χ1v) is 11.7. The molecular formula is C26H29FN8O2. The molecule has 4 rings (SSSR count). The van der Waals surface area contributed by atoms with Crippen molar-refractivity contribution in [1.29, 1.82) is 0 Å². The number of hydrogen-bond donors (Lipinski definition) is 2. The van der Waals surface area contributed by atoms with Crippen molar-refractivity contribution in [1.82, 2.24) is 29.6 Å². The maximum Gasteiger partial charge on any atom is 0.184 e. The van der Waals surface area contributed by atoms with Crippen LogP contribution in [0.3, 0.4) is 0 Å².